The number of nitrogens with one attached hydrogen (secondary N) is 4. The van der Waals surface area contributed by atoms with Crippen LogP contribution in [0.15, 0.2) is 24.3 Å². The molecular weight excluding hydrogens is 1060 g/mol. The molecule has 4 aliphatic heterocycles. The van der Waals surface area contributed by atoms with Crippen molar-refractivity contribution in [2.45, 2.75) is 208 Å². The first-order valence-electron chi connectivity index (χ1n) is 26.0. The molecule has 78 heavy (non-hydrogen) atoms. The second-order valence-corrected chi connectivity index (χ2v) is 20.6. The summed E-state index contributed by atoms with van der Waals surface area (Å²) in [6.07, 6.45) is -19.6. The Morgan fingerprint density at radius 1 is 0.564 bits per heavy atom. The average Bonchev–Trinajstić information content (AvgIpc) is 3.47. The highest BCUT2D eigenvalue weighted by Gasteiger charge is 2.56. The van der Waals surface area contributed by atoms with Gasteiger partial charge in [-0.15, -0.1) is 0 Å². The van der Waals surface area contributed by atoms with Gasteiger partial charge in [0.1, 0.15) is 103 Å². The third-order valence-electron chi connectivity index (χ3n) is 13.6. The predicted molar refractivity (Wildman–Crippen MR) is 262 cm³/mol. The van der Waals surface area contributed by atoms with Crippen LogP contribution >= 0.6 is 0 Å². The highest BCUT2D eigenvalue weighted by Crippen LogP contribution is 2.35. The molecule has 446 valence electrons. The number of hydrogen-bond acceptors (Lipinski definition) is 25. The summed E-state index contributed by atoms with van der Waals surface area (Å²) >= 11 is 0. The van der Waals surface area contributed by atoms with E-state index < -0.39 is 183 Å². The molecule has 0 aliphatic carbocycles. The Morgan fingerprint density at radius 2 is 1.00 bits per heavy atom. The van der Waals surface area contributed by atoms with E-state index in [4.69, 9.17) is 37.9 Å². The Bertz CT molecular complexity index is 2170. The van der Waals surface area contributed by atoms with Crippen LogP contribution in [0.25, 0.3) is 0 Å². The molecule has 10 unspecified atom stereocenters. The minimum atomic E-state index is -5.41. The molecule has 0 aromatic heterocycles. The summed E-state index contributed by atoms with van der Waals surface area (Å²) in [7, 11) is -5.41. The van der Waals surface area contributed by atoms with Gasteiger partial charge in [-0.2, -0.15) is 0 Å². The first-order valence-corrected chi connectivity index (χ1v) is 27.3. The quantitative estimate of drug-likeness (QED) is 0.0214. The Labute approximate surface area is 451 Å². The molecule has 4 aliphatic rings. The van der Waals surface area contributed by atoms with Crippen LogP contribution in [-0.2, 0) is 62.1 Å². The van der Waals surface area contributed by atoms with Gasteiger partial charge < -0.3 is 110 Å². The highest BCUT2D eigenvalue weighted by atomic mass is 32.3. The molecule has 4 fully saturated rings. The lowest BCUT2D eigenvalue weighted by molar-refractivity contribution is -0.361. The largest absolute Gasteiger partial charge is 0.726 e. The summed E-state index contributed by atoms with van der Waals surface area (Å²) in [5, 5.41) is 109. The zero-order valence-corrected chi connectivity index (χ0v) is 44.5. The molecule has 0 spiro atoms. The van der Waals surface area contributed by atoms with Gasteiger partial charge in [-0.25, -0.2) is 8.42 Å². The van der Waals surface area contributed by atoms with Gasteiger partial charge in [0.15, 0.2) is 25.2 Å². The van der Waals surface area contributed by atoms with E-state index in [0.29, 0.717) is 12.4 Å². The van der Waals surface area contributed by atoms with E-state index in [1.807, 2.05) is 0 Å². The SMILES string of the molecule is CCCCCCCCCCCOc1cccc(C(=O)NC2[C@H](O[C@@H]3C(CO)O[C@@H](O[C@@H]4C(CO)O[C@@H](O[C@@H]5C(COS(=O)(=O)[O-])O[C@@H](O)C(NC(C)=O)C5O)C(NC(C)=O)[C@H]4O)C(NC(C)=O)C3O)OC(CO)[C@@H](O)[C@@H]2O)c1. The normalized spacial score (nSPS) is 35.3. The van der Waals surface area contributed by atoms with Crippen molar-refractivity contribution in [3.05, 3.63) is 29.8 Å². The van der Waals surface area contributed by atoms with Gasteiger partial charge in [-0.05, 0) is 24.6 Å². The van der Waals surface area contributed by atoms with Crippen LogP contribution in [0.1, 0.15) is 95.8 Å². The fraction of sp³-hybridized carbons (Fsp3) is 0.792. The number of carbonyl (C=O) groups is 4. The third kappa shape index (κ3) is 18.1. The van der Waals surface area contributed by atoms with Gasteiger partial charge in [-0.3, -0.25) is 23.4 Å². The number of benzene rings is 1. The molecule has 4 amide bonds. The van der Waals surface area contributed by atoms with E-state index in [-0.39, 0.29) is 5.56 Å². The first-order chi connectivity index (χ1) is 37.0. The number of rotatable bonds is 28. The maximum absolute atomic E-state index is 13.8. The molecule has 1 aromatic rings. The number of amides is 4. The first kappa shape index (κ1) is 64.9. The molecule has 5 rings (SSSR count). The molecule has 30 heteroatoms. The minimum absolute atomic E-state index is 0.0706. The molecular formula is C48H77N4O25S-. The van der Waals surface area contributed by atoms with E-state index in [1.165, 1.54) is 44.2 Å². The lowest BCUT2D eigenvalue weighted by atomic mass is 9.93. The summed E-state index contributed by atoms with van der Waals surface area (Å²) in [5.74, 6) is -2.84. The van der Waals surface area contributed by atoms with E-state index in [1.54, 1.807) is 12.1 Å². The van der Waals surface area contributed by atoms with Gasteiger partial charge in [0.25, 0.3) is 5.91 Å². The lowest BCUT2D eigenvalue weighted by Crippen LogP contribution is -2.71. The van der Waals surface area contributed by atoms with Crippen molar-refractivity contribution >= 4 is 34.0 Å². The number of aliphatic hydroxyl groups excluding tert-OH is 9. The van der Waals surface area contributed by atoms with E-state index in [2.05, 4.69) is 32.4 Å². The molecule has 0 radical (unpaired) electrons. The Kier molecular flexibility index (Phi) is 25.7. The number of aliphatic hydroxyl groups is 9. The smallest absolute Gasteiger partial charge is 0.251 e. The summed E-state index contributed by atoms with van der Waals surface area (Å²) in [6.45, 7) is 1.58. The van der Waals surface area contributed by atoms with Crippen LogP contribution in [-0.4, -0.2) is 238 Å². The van der Waals surface area contributed by atoms with Crippen LogP contribution in [0.5, 0.6) is 5.75 Å². The van der Waals surface area contributed by atoms with Crippen molar-refractivity contribution in [1.82, 2.24) is 21.3 Å². The Hall–Kier alpha value is -3.87. The standard InChI is InChI=1S/C48H78N4O25S/c1-5-6-7-8-9-10-11-12-13-17-69-27-16-14-15-26(18-27)44(64)52-33-37(60)36(59)28(19-53)72-46(33)75-41-29(20-54)73-47(34(39(41)62)50-24(3)57)76-42-30(21-55)74-48(35(40(42)63)51-25(4)58)77-43-31(22-70-78(66,67)68)71-45(65)32(38(43)61)49-23(2)56/h14-16,18,28-43,45-48,53-55,59-63,65H,5-13,17,19-22H2,1-4H3,(H,49,56)(H,50,57)(H,51,58)(H,52,64)(H,66,67,68)/p-1/t28?,29?,30?,31?,32?,33?,34?,35?,36-,37-,38?,39?,40-,41-,42-,43-,45-,46+,47+,48+/m1/s1. The summed E-state index contributed by atoms with van der Waals surface area (Å²) in [4.78, 5) is 51.1. The average molecular weight is 1140 g/mol. The van der Waals surface area contributed by atoms with Crippen LogP contribution in [0.2, 0.25) is 0 Å². The van der Waals surface area contributed by atoms with Crippen molar-refractivity contribution in [1.29, 1.82) is 0 Å². The fourth-order valence-corrected chi connectivity index (χ4v) is 9.94. The molecule has 13 N–H and O–H groups in total. The number of hydrogen-bond donors (Lipinski definition) is 13. The monoisotopic (exact) mass is 1140 g/mol. The molecule has 4 heterocycles. The van der Waals surface area contributed by atoms with Crippen molar-refractivity contribution < 1.29 is 120 Å². The second kappa shape index (κ2) is 30.8. The maximum Gasteiger partial charge on any atom is 0.251 e. The highest BCUT2D eigenvalue weighted by molar-refractivity contribution is 7.80. The van der Waals surface area contributed by atoms with E-state index in [9.17, 15) is 78.1 Å². The van der Waals surface area contributed by atoms with Crippen LogP contribution in [0.3, 0.4) is 0 Å². The zero-order chi connectivity index (χ0) is 57.4. The zero-order valence-electron chi connectivity index (χ0n) is 43.7. The van der Waals surface area contributed by atoms with Crippen LogP contribution in [0.4, 0.5) is 0 Å². The van der Waals surface area contributed by atoms with Crippen molar-refractivity contribution in [2.24, 2.45) is 0 Å². The predicted octanol–water partition coefficient (Wildman–Crippen LogP) is -4.49. The van der Waals surface area contributed by atoms with Crippen molar-refractivity contribution in [3.63, 3.8) is 0 Å². The second-order valence-electron chi connectivity index (χ2n) is 19.6. The van der Waals surface area contributed by atoms with E-state index in [0.717, 1.165) is 46.5 Å². The summed E-state index contributed by atoms with van der Waals surface area (Å²) in [6, 6.07) is -0.636. The lowest BCUT2D eigenvalue weighted by Gasteiger charge is -2.51. The summed E-state index contributed by atoms with van der Waals surface area (Å²) in [5.41, 5.74) is 0.0706. The Balaban J connectivity index is 1.34. The number of unbranched alkanes of at least 4 members (excludes halogenated alkanes) is 8. The number of carbonyl (C=O) groups excluding carboxylic acids is 4. The van der Waals surface area contributed by atoms with Gasteiger partial charge in [0.2, 0.25) is 28.1 Å². The third-order valence-corrected chi connectivity index (χ3v) is 14.0. The van der Waals surface area contributed by atoms with Crippen molar-refractivity contribution in [2.75, 3.05) is 33.0 Å². The molecule has 20 atom stereocenters. The molecule has 29 nitrogen and oxygen atoms in total. The molecule has 0 bridgehead atoms. The summed E-state index contributed by atoms with van der Waals surface area (Å²) < 4.78 is 85.7. The van der Waals surface area contributed by atoms with Gasteiger partial charge >= 0.3 is 0 Å². The Morgan fingerprint density at radius 3 is 1.47 bits per heavy atom. The van der Waals surface area contributed by atoms with E-state index >= 15 is 0 Å². The van der Waals surface area contributed by atoms with Gasteiger partial charge in [-0.1, -0.05) is 64.4 Å². The number of ether oxygens (including phenoxy) is 8. The van der Waals surface area contributed by atoms with Gasteiger partial charge in [0, 0.05) is 26.3 Å². The molecule has 0 saturated carbocycles. The topological polar surface area (TPSA) is 439 Å². The fourth-order valence-electron chi connectivity index (χ4n) is 9.64. The van der Waals surface area contributed by atoms with Crippen molar-refractivity contribution in [3.8, 4) is 5.75 Å². The van der Waals surface area contributed by atoms with Crippen LogP contribution < -0.4 is 26.0 Å². The molecule has 4 saturated heterocycles. The maximum atomic E-state index is 13.8. The van der Waals surface area contributed by atoms with Crippen LogP contribution in [0, 0.1) is 0 Å². The molecule has 1 aromatic carbocycles. The van der Waals surface area contributed by atoms with Gasteiger partial charge in [0.05, 0.1) is 33.0 Å². The minimum Gasteiger partial charge on any atom is -0.726 e.